The van der Waals surface area contributed by atoms with Crippen molar-refractivity contribution in [1.29, 1.82) is 0 Å². The topological polar surface area (TPSA) is 23.5 Å². The largest absolute Gasteiger partial charge is 0.506 e. The van der Waals surface area contributed by atoms with Gasteiger partial charge < -0.3 is 5.11 Å². The molecule has 1 aliphatic rings. The highest BCUT2D eigenvalue weighted by Gasteiger charge is 2.29. The summed E-state index contributed by atoms with van der Waals surface area (Å²) in [5.41, 5.74) is 1.03. The van der Waals surface area contributed by atoms with E-state index < -0.39 is 11.6 Å². The zero-order valence-electron chi connectivity index (χ0n) is 11.9. The minimum absolute atomic E-state index is 0.0738. The molecule has 22 heavy (non-hydrogen) atoms. The molecule has 0 aromatic heterocycles. The Morgan fingerprint density at radius 3 is 2.41 bits per heavy atom. The van der Waals surface area contributed by atoms with Gasteiger partial charge in [0.2, 0.25) is 0 Å². The van der Waals surface area contributed by atoms with Gasteiger partial charge in [-0.05, 0) is 36.1 Å². The number of nitrogens with zero attached hydrogens (tertiary/aromatic N) is 1. The molecule has 0 bridgehead atoms. The fraction of sp³-hybridized carbons (Fsp3) is 0.294. The van der Waals surface area contributed by atoms with Crippen molar-refractivity contribution in [3.05, 3.63) is 64.2 Å². The van der Waals surface area contributed by atoms with Crippen molar-refractivity contribution in [2.45, 2.75) is 13.0 Å². The molecule has 0 saturated carbocycles. The lowest BCUT2D eigenvalue weighted by Gasteiger charge is -2.39. The van der Waals surface area contributed by atoms with E-state index >= 15 is 0 Å². The van der Waals surface area contributed by atoms with Crippen LogP contribution in [0.25, 0.3) is 0 Å². The maximum Gasteiger partial charge on any atom is 0.134 e. The number of aromatic hydroxyl groups is 1. The molecule has 1 aliphatic heterocycles. The normalized spacial score (nSPS) is 15.8. The Hall–Kier alpha value is -1.65. The van der Waals surface area contributed by atoms with Gasteiger partial charge in [-0.15, -0.1) is 0 Å². The maximum absolute atomic E-state index is 13.6. The molecular formula is C17H16ClF2NO. The third-order valence-electron chi connectivity index (χ3n) is 4.04. The monoisotopic (exact) mass is 323 g/mol. The first kappa shape index (κ1) is 15.3. The predicted molar refractivity (Wildman–Crippen MR) is 81.9 cm³/mol. The number of rotatable bonds is 4. The molecule has 0 atom stereocenters. The van der Waals surface area contributed by atoms with Gasteiger partial charge in [0.1, 0.15) is 17.4 Å². The SMILES string of the molecule is Oc1cccc(CN2CC(Cc3c(F)cccc3F)C2)c1Cl. The summed E-state index contributed by atoms with van der Waals surface area (Å²) < 4.78 is 27.2. The summed E-state index contributed by atoms with van der Waals surface area (Å²) in [4.78, 5) is 2.14. The minimum Gasteiger partial charge on any atom is -0.506 e. The molecule has 3 rings (SSSR count). The summed E-state index contributed by atoms with van der Waals surface area (Å²) in [6.07, 6.45) is 0.406. The second-order valence-corrected chi connectivity index (χ2v) is 6.09. The van der Waals surface area contributed by atoms with Gasteiger partial charge in [0.15, 0.2) is 0 Å². The quantitative estimate of drug-likeness (QED) is 0.919. The van der Waals surface area contributed by atoms with Gasteiger partial charge in [-0.3, -0.25) is 4.90 Å². The number of phenolic OH excluding ortho intramolecular Hbond substituents is 1. The van der Waals surface area contributed by atoms with Gasteiger partial charge >= 0.3 is 0 Å². The fourth-order valence-corrected chi connectivity index (χ4v) is 3.07. The van der Waals surface area contributed by atoms with Crippen LogP contribution < -0.4 is 0 Å². The third-order valence-corrected chi connectivity index (χ3v) is 4.48. The zero-order valence-corrected chi connectivity index (χ0v) is 12.7. The van der Waals surface area contributed by atoms with Crippen molar-refractivity contribution in [3.8, 4) is 5.75 Å². The summed E-state index contributed by atoms with van der Waals surface area (Å²) >= 11 is 6.05. The van der Waals surface area contributed by atoms with Gasteiger partial charge in [0.05, 0.1) is 5.02 Å². The molecule has 5 heteroatoms. The van der Waals surface area contributed by atoms with Crippen molar-refractivity contribution in [2.75, 3.05) is 13.1 Å². The van der Waals surface area contributed by atoms with E-state index in [-0.39, 0.29) is 17.2 Å². The van der Waals surface area contributed by atoms with Crippen molar-refractivity contribution >= 4 is 11.6 Å². The van der Waals surface area contributed by atoms with Crippen LogP contribution in [0.4, 0.5) is 8.78 Å². The van der Waals surface area contributed by atoms with Gasteiger partial charge in [-0.25, -0.2) is 8.78 Å². The summed E-state index contributed by atoms with van der Waals surface area (Å²) in [6.45, 7) is 2.16. The highest BCUT2D eigenvalue weighted by atomic mass is 35.5. The highest BCUT2D eigenvalue weighted by Crippen LogP contribution is 2.30. The minimum atomic E-state index is -0.477. The lowest BCUT2D eigenvalue weighted by Crippen LogP contribution is -2.47. The summed E-state index contributed by atoms with van der Waals surface area (Å²) in [5, 5.41) is 9.94. The Bertz CT molecular complexity index is 666. The van der Waals surface area contributed by atoms with Crippen LogP contribution in [-0.4, -0.2) is 23.1 Å². The summed E-state index contributed by atoms with van der Waals surface area (Å²) in [7, 11) is 0. The van der Waals surface area contributed by atoms with Crippen LogP contribution in [0.15, 0.2) is 36.4 Å². The molecule has 1 heterocycles. The predicted octanol–water partition coefficient (Wildman–Crippen LogP) is 4.00. The van der Waals surface area contributed by atoms with Gasteiger partial charge in [0.25, 0.3) is 0 Å². The summed E-state index contributed by atoms with van der Waals surface area (Å²) in [6, 6.07) is 9.13. The Morgan fingerprint density at radius 2 is 1.73 bits per heavy atom. The van der Waals surface area contributed by atoms with E-state index in [0.29, 0.717) is 18.0 Å². The van der Waals surface area contributed by atoms with Crippen LogP contribution in [0, 0.1) is 17.6 Å². The van der Waals surface area contributed by atoms with Gasteiger partial charge in [-0.1, -0.05) is 29.8 Å². The molecule has 0 spiro atoms. The molecule has 2 aromatic rings. The second-order valence-electron chi connectivity index (χ2n) is 5.71. The van der Waals surface area contributed by atoms with E-state index in [0.717, 1.165) is 18.7 Å². The number of halogens is 3. The van der Waals surface area contributed by atoms with Crippen LogP contribution in [-0.2, 0) is 13.0 Å². The van der Waals surface area contributed by atoms with E-state index in [9.17, 15) is 13.9 Å². The first-order valence-electron chi connectivity index (χ1n) is 7.16. The Balaban J connectivity index is 1.57. The van der Waals surface area contributed by atoms with E-state index in [4.69, 9.17) is 11.6 Å². The molecular weight excluding hydrogens is 308 g/mol. The molecule has 1 saturated heterocycles. The highest BCUT2D eigenvalue weighted by molar-refractivity contribution is 6.32. The van der Waals surface area contributed by atoms with Crippen LogP contribution in [0.5, 0.6) is 5.75 Å². The lowest BCUT2D eigenvalue weighted by atomic mass is 9.91. The molecule has 0 aliphatic carbocycles. The molecule has 2 nitrogen and oxygen atoms in total. The molecule has 116 valence electrons. The van der Waals surface area contributed by atoms with E-state index in [1.54, 1.807) is 12.1 Å². The average molecular weight is 324 g/mol. The zero-order chi connectivity index (χ0) is 15.7. The number of hydrogen-bond donors (Lipinski definition) is 1. The molecule has 0 amide bonds. The van der Waals surface area contributed by atoms with E-state index in [2.05, 4.69) is 4.90 Å². The summed E-state index contributed by atoms with van der Waals surface area (Å²) in [5.74, 6) is -0.642. The Kier molecular flexibility index (Phi) is 4.32. The average Bonchev–Trinajstić information content (AvgIpc) is 2.44. The van der Waals surface area contributed by atoms with Crippen LogP contribution >= 0.6 is 11.6 Å². The van der Waals surface area contributed by atoms with Crippen molar-refractivity contribution in [1.82, 2.24) is 4.90 Å². The molecule has 0 unspecified atom stereocenters. The van der Waals surface area contributed by atoms with E-state index in [1.165, 1.54) is 18.2 Å². The standard InChI is InChI=1S/C17H16ClF2NO/c18-17-12(3-1-6-16(17)22)10-21-8-11(9-21)7-13-14(19)4-2-5-15(13)20/h1-6,11,22H,7-10H2. The van der Waals surface area contributed by atoms with Crippen LogP contribution in [0.2, 0.25) is 5.02 Å². The lowest BCUT2D eigenvalue weighted by molar-refractivity contribution is 0.0913. The number of phenols is 1. The van der Waals surface area contributed by atoms with Gasteiger partial charge in [-0.2, -0.15) is 0 Å². The number of likely N-dealkylation sites (tertiary alicyclic amines) is 1. The van der Waals surface area contributed by atoms with Crippen molar-refractivity contribution < 1.29 is 13.9 Å². The maximum atomic E-state index is 13.6. The molecule has 2 aromatic carbocycles. The number of hydrogen-bond acceptors (Lipinski definition) is 2. The Morgan fingerprint density at radius 1 is 1.09 bits per heavy atom. The molecule has 0 radical (unpaired) electrons. The smallest absolute Gasteiger partial charge is 0.134 e. The second kappa shape index (κ2) is 6.23. The van der Waals surface area contributed by atoms with Crippen LogP contribution in [0.1, 0.15) is 11.1 Å². The van der Waals surface area contributed by atoms with Crippen LogP contribution in [0.3, 0.4) is 0 Å². The Labute approximate surface area is 132 Å². The van der Waals surface area contributed by atoms with E-state index in [1.807, 2.05) is 6.07 Å². The first-order chi connectivity index (χ1) is 10.5. The fourth-order valence-electron chi connectivity index (χ4n) is 2.88. The molecule has 1 fully saturated rings. The van der Waals surface area contributed by atoms with Crippen molar-refractivity contribution in [2.24, 2.45) is 5.92 Å². The number of benzene rings is 2. The molecule has 1 N–H and O–H groups in total. The van der Waals surface area contributed by atoms with Crippen molar-refractivity contribution in [3.63, 3.8) is 0 Å². The first-order valence-corrected chi connectivity index (χ1v) is 7.54. The third kappa shape index (κ3) is 3.08. The van der Waals surface area contributed by atoms with Gasteiger partial charge in [0, 0.05) is 25.2 Å².